The molecule has 1 aromatic carbocycles. The average Bonchev–Trinajstić information content (AvgIpc) is 2.53. The number of benzene rings is 1. The summed E-state index contributed by atoms with van der Waals surface area (Å²) in [5.41, 5.74) is 1.40. The molecule has 0 radical (unpaired) electrons. The van der Waals surface area contributed by atoms with E-state index < -0.39 is 5.56 Å². The summed E-state index contributed by atoms with van der Waals surface area (Å²) < 4.78 is 0.0838. The number of pyridine rings is 1. The van der Waals surface area contributed by atoms with E-state index in [1.165, 1.54) is 6.08 Å². The quantitative estimate of drug-likeness (QED) is 0.509. The maximum atomic E-state index is 11.7. The molecular formula is C17H13N3O2S. The van der Waals surface area contributed by atoms with Gasteiger partial charge in [0.1, 0.15) is 0 Å². The maximum Gasteiger partial charge on any atom is 0.262 e. The monoisotopic (exact) mass is 323 g/mol. The molecule has 3 rings (SSSR count). The molecule has 0 fully saturated rings. The van der Waals surface area contributed by atoms with Crippen LogP contribution in [0.5, 0.6) is 5.88 Å². The Bertz CT molecular complexity index is 1030. The Labute approximate surface area is 136 Å². The Balaban J connectivity index is 1.83. The van der Waals surface area contributed by atoms with Crippen molar-refractivity contribution in [2.45, 2.75) is 0 Å². The third-order valence-electron chi connectivity index (χ3n) is 3.22. The molecule has 0 saturated carbocycles. The van der Waals surface area contributed by atoms with Gasteiger partial charge in [-0.15, -0.1) is 0 Å². The Morgan fingerprint density at radius 3 is 2.65 bits per heavy atom. The van der Waals surface area contributed by atoms with Gasteiger partial charge in [0, 0.05) is 5.39 Å². The van der Waals surface area contributed by atoms with Gasteiger partial charge < -0.3 is 10.1 Å². The molecule has 3 N–H and O–H groups in total. The van der Waals surface area contributed by atoms with Crippen LogP contribution >= 0.6 is 12.2 Å². The first-order valence-corrected chi connectivity index (χ1v) is 7.30. The first kappa shape index (κ1) is 14.9. The van der Waals surface area contributed by atoms with Crippen LogP contribution in [0.3, 0.4) is 0 Å². The Morgan fingerprint density at radius 2 is 1.83 bits per heavy atom. The van der Waals surface area contributed by atoms with Gasteiger partial charge in [0.05, 0.1) is 16.8 Å². The highest BCUT2D eigenvalue weighted by Gasteiger charge is 2.02. The highest BCUT2D eigenvalue weighted by molar-refractivity contribution is 7.71. The minimum atomic E-state index is -0.445. The van der Waals surface area contributed by atoms with E-state index >= 15 is 0 Å². The zero-order valence-electron chi connectivity index (χ0n) is 12.0. The van der Waals surface area contributed by atoms with E-state index in [2.05, 4.69) is 15.0 Å². The van der Waals surface area contributed by atoms with E-state index in [0.717, 1.165) is 16.6 Å². The number of aromatic hydroxyl groups is 1. The summed E-state index contributed by atoms with van der Waals surface area (Å²) >= 11 is 4.77. The lowest BCUT2D eigenvalue weighted by Crippen LogP contribution is -2.10. The number of hydrogen-bond acceptors (Lipinski definition) is 4. The summed E-state index contributed by atoms with van der Waals surface area (Å²) in [6.45, 7) is 0. The summed E-state index contributed by atoms with van der Waals surface area (Å²) in [6, 6.07) is 11.8. The zero-order chi connectivity index (χ0) is 16.2. The van der Waals surface area contributed by atoms with Crippen LogP contribution in [0.25, 0.3) is 23.1 Å². The van der Waals surface area contributed by atoms with Gasteiger partial charge in [-0.25, -0.2) is 4.98 Å². The summed E-state index contributed by atoms with van der Waals surface area (Å²) in [6.07, 6.45) is 6.71. The summed E-state index contributed by atoms with van der Waals surface area (Å²) in [4.78, 5) is 21.1. The molecule has 0 unspecified atom stereocenters. The van der Waals surface area contributed by atoms with E-state index in [-0.39, 0.29) is 16.2 Å². The summed E-state index contributed by atoms with van der Waals surface area (Å²) in [5, 5.41) is 10.8. The van der Waals surface area contributed by atoms with Crippen molar-refractivity contribution in [2.24, 2.45) is 0 Å². The van der Waals surface area contributed by atoms with Crippen molar-refractivity contribution in [3.05, 3.63) is 74.9 Å². The zero-order valence-corrected chi connectivity index (χ0v) is 12.8. The largest absolute Gasteiger partial charge is 0.494 e. The summed E-state index contributed by atoms with van der Waals surface area (Å²) in [5.74, 6) is -0.257. The second-order valence-corrected chi connectivity index (χ2v) is 5.23. The van der Waals surface area contributed by atoms with E-state index in [0.29, 0.717) is 0 Å². The molecule has 114 valence electrons. The number of fused-ring (bicyclic) bond motifs is 1. The lowest BCUT2D eigenvalue weighted by Gasteiger charge is -1.98. The van der Waals surface area contributed by atoms with Crippen molar-refractivity contribution in [2.75, 3.05) is 0 Å². The third kappa shape index (κ3) is 3.44. The molecule has 5 nitrogen and oxygen atoms in total. The van der Waals surface area contributed by atoms with E-state index in [4.69, 9.17) is 12.2 Å². The molecule has 0 aliphatic rings. The number of hydrogen-bond donors (Lipinski definition) is 3. The van der Waals surface area contributed by atoms with Crippen LogP contribution < -0.4 is 5.56 Å². The Kier molecular flexibility index (Phi) is 4.16. The Morgan fingerprint density at radius 1 is 1.04 bits per heavy atom. The van der Waals surface area contributed by atoms with Crippen molar-refractivity contribution in [3.8, 4) is 5.88 Å². The molecule has 2 aromatic heterocycles. The lowest BCUT2D eigenvalue weighted by atomic mass is 10.2. The van der Waals surface area contributed by atoms with Crippen LogP contribution in [0.15, 0.2) is 53.3 Å². The van der Waals surface area contributed by atoms with Crippen LogP contribution in [0.2, 0.25) is 0 Å². The highest BCUT2D eigenvalue weighted by atomic mass is 32.1. The number of nitrogens with one attached hydrogen (secondary N) is 2. The van der Waals surface area contributed by atoms with Crippen molar-refractivity contribution in [1.29, 1.82) is 0 Å². The fourth-order valence-electron chi connectivity index (χ4n) is 2.12. The molecule has 3 aromatic rings. The van der Waals surface area contributed by atoms with Crippen LogP contribution in [0, 0.1) is 4.77 Å². The van der Waals surface area contributed by atoms with Gasteiger partial charge in [-0.2, -0.15) is 0 Å². The molecule has 0 spiro atoms. The molecular weight excluding hydrogens is 310 g/mol. The lowest BCUT2D eigenvalue weighted by molar-refractivity contribution is 0.448. The second kappa shape index (κ2) is 6.41. The normalized spacial score (nSPS) is 11.7. The first-order chi connectivity index (χ1) is 11.1. The maximum absolute atomic E-state index is 11.7. The van der Waals surface area contributed by atoms with Crippen molar-refractivity contribution in [1.82, 2.24) is 15.0 Å². The number of rotatable bonds is 3. The number of allylic oxidation sites excluding steroid dienone is 2. The molecule has 2 heterocycles. The van der Waals surface area contributed by atoms with Crippen LogP contribution in [-0.2, 0) is 0 Å². The number of aromatic amines is 2. The van der Waals surface area contributed by atoms with Crippen LogP contribution in [-0.4, -0.2) is 20.1 Å². The number of aromatic nitrogens is 3. The Hall–Kier alpha value is -2.99. The highest BCUT2D eigenvalue weighted by Crippen LogP contribution is 2.13. The van der Waals surface area contributed by atoms with Gasteiger partial charge in [0.25, 0.3) is 5.56 Å². The first-order valence-electron chi connectivity index (χ1n) is 6.89. The van der Waals surface area contributed by atoms with E-state index in [9.17, 15) is 9.90 Å². The van der Waals surface area contributed by atoms with Gasteiger partial charge in [0.2, 0.25) is 5.88 Å². The van der Waals surface area contributed by atoms with Gasteiger partial charge in [-0.3, -0.25) is 9.78 Å². The topological polar surface area (TPSA) is 81.8 Å². The SMILES string of the molecule is O=c1[nH]c(=S)[nH]c(O)c1C=CC=Cc1ccc2ccccc2n1. The van der Waals surface area contributed by atoms with Crippen molar-refractivity contribution < 1.29 is 5.11 Å². The van der Waals surface area contributed by atoms with Crippen LogP contribution in [0.4, 0.5) is 0 Å². The number of nitrogens with zero attached hydrogens (tertiary/aromatic N) is 1. The summed E-state index contributed by atoms with van der Waals surface area (Å²) in [7, 11) is 0. The molecule has 0 atom stereocenters. The van der Waals surface area contributed by atoms with Gasteiger partial charge in [-0.1, -0.05) is 36.4 Å². The molecule has 0 saturated heterocycles. The molecule has 0 aliphatic heterocycles. The smallest absolute Gasteiger partial charge is 0.262 e. The molecule has 0 bridgehead atoms. The van der Waals surface area contributed by atoms with E-state index in [1.807, 2.05) is 42.5 Å². The molecule has 0 amide bonds. The molecule has 23 heavy (non-hydrogen) atoms. The molecule has 0 aliphatic carbocycles. The van der Waals surface area contributed by atoms with E-state index in [1.54, 1.807) is 12.2 Å². The fraction of sp³-hybridized carbons (Fsp3) is 0. The predicted octanol–water partition coefficient (Wildman–Crippen LogP) is 3.41. The number of H-pyrrole nitrogens is 2. The predicted molar refractivity (Wildman–Crippen MR) is 93.7 cm³/mol. The molecule has 6 heteroatoms. The van der Waals surface area contributed by atoms with Crippen LogP contribution in [0.1, 0.15) is 11.3 Å². The fourth-order valence-corrected chi connectivity index (χ4v) is 2.31. The average molecular weight is 323 g/mol. The minimum absolute atomic E-state index is 0.0838. The third-order valence-corrected chi connectivity index (χ3v) is 3.42. The second-order valence-electron chi connectivity index (χ2n) is 4.82. The van der Waals surface area contributed by atoms with Crippen molar-refractivity contribution in [3.63, 3.8) is 0 Å². The number of para-hydroxylation sites is 1. The standard InChI is InChI=1S/C17H13N3O2S/c21-15-13(16(22)20-17(23)19-15)7-3-2-6-12-10-9-11-5-1-4-8-14(11)18-12/h1-10H,(H3,19,20,21,22,23). The van der Waals surface area contributed by atoms with Gasteiger partial charge in [0.15, 0.2) is 4.77 Å². The van der Waals surface area contributed by atoms with Gasteiger partial charge in [-0.05, 0) is 36.5 Å². The van der Waals surface area contributed by atoms with Gasteiger partial charge >= 0.3 is 0 Å². The van der Waals surface area contributed by atoms with Crippen molar-refractivity contribution >= 4 is 35.3 Å². The minimum Gasteiger partial charge on any atom is -0.494 e.